The molecule has 0 rings (SSSR count). The third-order valence-electron chi connectivity index (χ3n) is 1.86. The van der Waals surface area contributed by atoms with Crippen molar-refractivity contribution >= 4 is 17.9 Å². The lowest BCUT2D eigenvalue weighted by Crippen LogP contribution is -2.43. The highest BCUT2D eigenvalue weighted by molar-refractivity contribution is 5.88. The van der Waals surface area contributed by atoms with Gasteiger partial charge in [0.25, 0.3) is 0 Å². The molecule has 0 aliphatic carbocycles. The van der Waals surface area contributed by atoms with E-state index in [2.05, 4.69) is 4.74 Å². The maximum absolute atomic E-state index is 11.2. The number of carbonyl (C=O) groups excluding carboxylic acids is 1. The summed E-state index contributed by atoms with van der Waals surface area (Å²) in [7, 11) is 0. The van der Waals surface area contributed by atoms with Gasteiger partial charge in [-0.3, -0.25) is 9.59 Å². The number of aliphatic carboxylic acids is 2. The zero-order valence-corrected chi connectivity index (χ0v) is 10.0. The molecule has 0 spiro atoms. The monoisotopic (exact) mass is 264 g/mol. The van der Waals surface area contributed by atoms with Crippen molar-refractivity contribution in [3.63, 3.8) is 0 Å². The van der Waals surface area contributed by atoms with Gasteiger partial charge in [-0.1, -0.05) is 0 Å². The molecule has 4 N–H and O–H groups in total. The van der Waals surface area contributed by atoms with E-state index in [1.54, 1.807) is 0 Å². The second-order valence-electron chi connectivity index (χ2n) is 4.56. The maximum atomic E-state index is 11.2. The first kappa shape index (κ1) is 16.3. The van der Waals surface area contributed by atoms with E-state index >= 15 is 0 Å². The Balaban J connectivity index is 4.56. The van der Waals surface area contributed by atoms with E-state index in [9.17, 15) is 24.6 Å². The second-order valence-corrected chi connectivity index (χ2v) is 4.56. The van der Waals surface area contributed by atoms with Gasteiger partial charge < -0.3 is 25.2 Å². The van der Waals surface area contributed by atoms with Crippen molar-refractivity contribution in [2.75, 3.05) is 6.61 Å². The van der Waals surface area contributed by atoms with E-state index in [1.807, 2.05) is 0 Å². The second kappa shape index (κ2) is 5.78. The highest BCUT2D eigenvalue weighted by Gasteiger charge is 2.41. The lowest BCUT2D eigenvalue weighted by atomic mass is 9.96. The summed E-state index contributed by atoms with van der Waals surface area (Å²) in [6.07, 6.45) is -2.13. The van der Waals surface area contributed by atoms with Gasteiger partial charge in [-0.15, -0.1) is 0 Å². The quantitative estimate of drug-likeness (QED) is 0.428. The van der Waals surface area contributed by atoms with Gasteiger partial charge in [0.2, 0.25) is 0 Å². The normalized spacial score (nSPS) is 14.7. The predicted molar refractivity (Wildman–Crippen MR) is 56.7 cm³/mol. The Bertz CT molecular complexity index is 342. The standard InChI is InChI=1S/C10H16O8/c1-9(2,16)5-18-7(13)4-10(17,8(14)15)3-6(11)12/h16-17H,3-5H2,1-2H3,(H,11,12)(H,14,15). The van der Waals surface area contributed by atoms with Crippen LogP contribution in [0.25, 0.3) is 0 Å². The smallest absolute Gasteiger partial charge is 0.336 e. The summed E-state index contributed by atoms with van der Waals surface area (Å²) in [5, 5.41) is 35.9. The largest absolute Gasteiger partial charge is 0.481 e. The van der Waals surface area contributed by atoms with Crippen LogP contribution in [-0.4, -0.2) is 56.1 Å². The summed E-state index contributed by atoms with van der Waals surface area (Å²) in [5.41, 5.74) is -4.02. The Morgan fingerprint density at radius 1 is 1.06 bits per heavy atom. The molecule has 0 bridgehead atoms. The van der Waals surface area contributed by atoms with Crippen molar-refractivity contribution in [2.24, 2.45) is 0 Å². The van der Waals surface area contributed by atoms with Gasteiger partial charge >= 0.3 is 17.9 Å². The van der Waals surface area contributed by atoms with Crippen LogP contribution in [0.15, 0.2) is 0 Å². The first-order chi connectivity index (χ1) is 7.96. The fourth-order valence-corrected chi connectivity index (χ4v) is 1.01. The van der Waals surface area contributed by atoms with Crippen molar-refractivity contribution in [3.8, 4) is 0 Å². The third-order valence-corrected chi connectivity index (χ3v) is 1.86. The molecule has 0 aliphatic rings. The van der Waals surface area contributed by atoms with E-state index in [0.717, 1.165) is 0 Å². The molecule has 104 valence electrons. The molecule has 0 radical (unpaired) electrons. The Labute approximate surface area is 103 Å². The molecule has 0 aromatic heterocycles. The minimum Gasteiger partial charge on any atom is -0.481 e. The fourth-order valence-electron chi connectivity index (χ4n) is 1.01. The van der Waals surface area contributed by atoms with Gasteiger partial charge in [-0.05, 0) is 13.8 Å². The zero-order chi connectivity index (χ0) is 14.6. The summed E-state index contributed by atoms with van der Waals surface area (Å²) in [4.78, 5) is 32.4. The number of rotatable bonds is 7. The van der Waals surface area contributed by atoms with Gasteiger partial charge in [-0.25, -0.2) is 4.79 Å². The van der Waals surface area contributed by atoms with Crippen LogP contribution in [0.4, 0.5) is 0 Å². The molecule has 0 heterocycles. The van der Waals surface area contributed by atoms with Crippen molar-refractivity contribution in [1.29, 1.82) is 0 Å². The molecule has 0 saturated carbocycles. The predicted octanol–water partition coefficient (Wildman–Crippen LogP) is -1.02. The first-order valence-corrected chi connectivity index (χ1v) is 5.02. The van der Waals surface area contributed by atoms with E-state index in [0.29, 0.717) is 0 Å². The summed E-state index contributed by atoms with van der Waals surface area (Å²) < 4.78 is 4.53. The minimum atomic E-state index is -2.72. The number of esters is 1. The maximum Gasteiger partial charge on any atom is 0.336 e. The molecule has 8 heteroatoms. The number of hydrogen-bond acceptors (Lipinski definition) is 6. The van der Waals surface area contributed by atoms with E-state index in [4.69, 9.17) is 10.2 Å². The molecule has 0 fully saturated rings. The zero-order valence-electron chi connectivity index (χ0n) is 10.0. The summed E-state index contributed by atoms with van der Waals surface area (Å²) in [5.74, 6) is -4.50. The van der Waals surface area contributed by atoms with Crippen LogP contribution >= 0.6 is 0 Å². The topological polar surface area (TPSA) is 141 Å². The number of carboxylic acid groups (broad SMARTS) is 2. The van der Waals surface area contributed by atoms with E-state index < -0.39 is 48.6 Å². The number of hydrogen-bond donors (Lipinski definition) is 4. The Morgan fingerprint density at radius 3 is 1.89 bits per heavy atom. The van der Waals surface area contributed by atoms with Gasteiger partial charge in [0.15, 0.2) is 5.60 Å². The van der Waals surface area contributed by atoms with Gasteiger partial charge in [0.1, 0.15) is 6.61 Å². The van der Waals surface area contributed by atoms with Crippen molar-refractivity contribution in [1.82, 2.24) is 0 Å². The molecular formula is C10H16O8. The number of carboxylic acids is 2. The van der Waals surface area contributed by atoms with Crippen molar-refractivity contribution in [2.45, 2.75) is 37.9 Å². The molecule has 8 nitrogen and oxygen atoms in total. The lowest BCUT2D eigenvalue weighted by Gasteiger charge is -2.22. The molecule has 18 heavy (non-hydrogen) atoms. The van der Waals surface area contributed by atoms with E-state index in [-0.39, 0.29) is 0 Å². The number of aliphatic hydroxyl groups is 2. The van der Waals surface area contributed by atoms with Crippen LogP contribution < -0.4 is 0 Å². The summed E-state index contributed by atoms with van der Waals surface area (Å²) in [6.45, 7) is 2.33. The van der Waals surface area contributed by atoms with Crippen LogP contribution in [0.5, 0.6) is 0 Å². The average molecular weight is 264 g/mol. The molecule has 0 saturated heterocycles. The van der Waals surface area contributed by atoms with Gasteiger partial charge in [0.05, 0.1) is 18.4 Å². The molecule has 0 aliphatic heterocycles. The Hall–Kier alpha value is -1.67. The summed E-state index contributed by atoms with van der Waals surface area (Å²) >= 11 is 0. The Morgan fingerprint density at radius 2 is 1.56 bits per heavy atom. The van der Waals surface area contributed by atoms with Crippen LogP contribution in [0.2, 0.25) is 0 Å². The lowest BCUT2D eigenvalue weighted by molar-refractivity contribution is -0.173. The molecule has 1 unspecified atom stereocenters. The fraction of sp³-hybridized carbons (Fsp3) is 0.700. The molecule has 0 amide bonds. The molecule has 0 aromatic carbocycles. The number of carbonyl (C=O) groups is 3. The van der Waals surface area contributed by atoms with Crippen molar-refractivity contribution < 1.29 is 39.5 Å². The van der Waals surface area contributed by atoms with Gasteiger partial charge in [-0.2, -0.15) is 0 Å². The molecule has 1 atom stereocenters. The first-order valence-electron chi connectivity index (χ1n) is 5.02. The van der Waals surface area contributed by atoms with E-state index in [1.165, 1.54) is 13.8 Å². The molecular weight excluding hydrogens is 248 g/mol. The van der Waals surface area contributed by atoms with Crippen molar-refractivity contribution in [3.05, 3.63) is 0 Å². The summed E-state index contributed by atoms with van der Waals surface area (Å²) in [6, 6.07) is 0. The highest BCUT2D eigenvalue weighted by atomic mass is 16.5. The SMILES string of the molecule is CC(C)(O)COC(=O)CC(O)(CC(=O)O)C(=O)O. The Kier molecular flexibility index (Phi) is 5.25. The van der Waals surface area contributed by atoms with Crippen LogP contribution in [-0.2, 0) is 19.1 Å². The van der Waals surface area contributed by atoms with Gasteiger partial charge in [0, 0.05) is 0 Å². The highest BCUT2D eigenvalue weighted by Crippen LogP contribution is 2.17. The van der Waals surface area contributed by atoms with Crippen LogP contribution in [0.3, 0.4) is 0 Å². The number of ether oxygens (including phenoxy) is 1. The average Bonchev–Trinajstić information content (AvgIpc) is 2.11. The van der Waals surface area contributed by atoms with Crippen LogP contribution in [0, 0.1) is 0 Å². The molecule has 0 aromatic rings. The third kappa shape index (κ3) is 6.16. The minimum absolute atomic E-state index is 0.394. The van der Waals surface area contributed by atoms with Crippen LogP contribution in [0.1, 0.15) is 26.7 Å².